The van der Waals surface area contributed by atoms with Crippen molar-refractivity contribution >= 4 is 11.9 Å². The highest BCUT2D eigenvalue weighted by molar-refractivity contribution is 5.84. The molecule has 1 amide bonds. The third-order valence-electron chi connectivity index (χ3n) is 2.84. The standard InChI is InChI=1S/C10H18N2O4/c1-12(7-2-4-16-5-3-7)9(13)6-8(11)10(14)15/h7-8H,2-6,11H2,1H3,(H,14,15). The normalized spacial score (nSPS) is 19.1. The molecule has 0 aromatic carbocycles. The molecule has 6 heteroatoms. The molecule has 1 aliphatic rings. The van der Waals surface area contributed by atoms with Crippen molar-refractivity contribution in [2.45, 2.75) is 31.3 Å². The van der Waals surface area contributed by atoms with Gasteiger partial charge >= 0.3 is 5.97 Å². The van der Waals surface area contributed by atoms with Crippen molar-refractivity contribution in [3.05, 3.63) is 0 Å². The van der Waals surface area contributed by atoms with E-state index >= 15 is 0 Å². The van der Waals surface area contributed by atoms with Gasteiger partial charge in [0, 0.05) is 26.3 Å². The molecule has 0 radical (unpaired) electrons. The summed E-state index contributed by atoms with van der Waals surface area (Å²) in [5.41, 5.74) is 5.31. The molecular weight excluding hydrogens is 212 g/mol. The highest BCUT2D eigenvalue weighted by Gasteiger charge is 2.25. The zero-order valence-electron chi connectivity index (χ0n) is 9.39. The first-order chi connectivity index (χ1) is 7.52. The smallest absolute Gasteiger partial charge is 0.321 e. The third kappa shape index (κ3) is 3.46. The minimum Gasteiger partial charge on any atom is -0.480 e. The number of nitrogens with two attached hydrogens (primary N) is 1. The summed E-state index contributed by atoms with van der Waals surface area (Å²) in [5, 5.41) is 8.61. The second-order valence-corrected chi connectivity index (χ2v) is 4.00. The number of carboxylic acids is 1. The van der Waals surface area contributed by atoms with Crippen molar-refractivity contribution < 1.29 is 19.4 Å². The molecule has 6 nitrogen and oxygen atoms in total. The largest absolute Gasteiger partial charge is 0.480 e. The summed E-state index contributed by atoms with van der Waals surface area (Å²) in [4.78, 5) is 23.8. The van der Waals surface area contributed by atoms with Gasteiger partial charge in [-0.2, -0.15) is 0 Å². The Hall–Kier alpha value is -1.14. The van der Waals surface area contributed by atoms with Crippen LogP contribution >= 0.6 is 0 Å². The number of carboxylic acid groups (broad SMARTS) is 1. The van der Waals surface area contributed by atoms with E-state index in [1.54, 1.807) is 11.9 Å². The van der Waals surface area contributed by atoms with E-state index in [0.717, 1.165) is 12.8 Å². The Morgan fingerprint density at radius 3 is 2.56 bits per heavy atom. The number of hydrogen-bond acceptors (Lipinski definition) is 4. The number of nitrogens with zero attached hydrogens (tertiary/aromatic N) is 1. The predicted molar refractivity (Wildman–Crippen MR) is 56.8 cm³/mol. The Labute approximate surface area is 94.3 Å². The fourth-order valence-electron chi connectivity index (χ4n) is 1.70. The second-order valence-electron chi connectivity index (χ2n) is 4.00. The summed E-state index contributed by atoms with van der Waals surface area (Å²) in [5.74, 6) is -1.37. The zero-order chi connectivity index (χ0) is 12.1. The van der Waals surface area contributed by atoms with Crippen LogP contribution in [0.2, 0.25) is 0 Å². The fraction of sp³-hybridized carbons (Fsp3) is 0.800. The van der Waals surface area contributed by atoms with E-state index in [9.17, 15) is 9.59 Å². The van der Waals surface area contributed by atoms with Gasteiger partial charge in [-0.1, -0.05) is 0 Å². The van der Waals surface area contributed by atoms with Crippen molar-refractivity contribution in [2.24, 2.45) is 5.73 Å². The van der Waals surface area contributed by atoms with E-state index in [-0.39, 0.29) is 18.4 Å². The average molecular weight is 230 g/mol. The van der Waals surface area contributed by atoms with Gasteiger partial charge in [0.2, 0.25) is 5.91 Å². The van der Waals surface area contributed by atoms with Gasteiger partial charge in [0.25, 0.3) is 0 Å². The second kappa shape index (κ2) is 5.81. The number of ether oxygens (including phenoxy) is 1. The minimum atomic E-state index is -1.14. The summed E-state index contributed by atoms with van der Waals surface area (Å²) in [6, 6.07) is -0.975. The number of carbonyl (C=O) groups excluding carboxylic acids is 1. The third-order valence-corrected chi connectivity index (χ3v) is 2.84. The quantitative estimate of drug-likeness (QED) is 0.674. The summed E-state index contributed by atoms with van der Waals surface area (Å²) in [6.45, 7) is 1.29. The Balaban J connectivity index is 2.43. The molecule has 0 saturated carbocycles. The Morgan fingerprint density at radius 1 is 1.50 bits per heavy atom. The Morgan fingerprint density at radius 2 is 2.06 bits per heavy atom. The van der Waals surface area contributed by atoms with Crippen molar-refractivity contribution in [3.63, 3.8) is 0 Å². The van der Waals surface area contributed by atoms with E-state index in [4.69, 9.17) is 15.6 Å². The first kappa shape index (κ1) is 12.9. The lowest BCUT2D eigenvalue weighted by Gasteiger charge is -2.31. The molecule has 92 valence electrons. The van der Waals surface area contributed by atoms with Crippen LogP contribution in [-0.4, -0.2) is 54.2 Å². The maximum atomic E-state index is 11.7. The van der Waals surface area contributed by atoms with Gasteiger partial charge in [-0.15, -0.1) is 0 Å². The number of rotatable bonds is 4. The SMILES string of the molecule is CN(C(=O)CC(N)C(=O)O)C1CCOCC1. The molecule has 16 heavy (non-hydrogen) atoms. The lowest BCUT2D eigenvalue weighted by atomic mass is 10.1. The van der Waals surface area contributed by atoms with Crippen LogP contribution in [-0.2, 0) is 14.3 Å². The zero-order valence-corrected chi connectivity index (χ0v) is 9.39. The molecule has 1 fully saturated rings. The van der Waals surface area contributed by atoms with E-state index in [2.05, 4.69) is 0 Å². The molecule has 0 aromatic rings. The van der Waals surface area contributed by atoms with E-state index in [1.807, 2.05) is 0 Å². The lowest BCUT2D eigenvalue weighted by Crippen LogP contribution is -2.44. The van der Waals surface area contributed by atoms with Gasteiger partial charge in [-0.25, -0.2) is 0 Å². The van der Waals surface area contributed by atoms with Crippen LogP contribution in [0.25, 0.3) is 0 Å². The van der Waals surface area contributed by atoms with Gasteiger partial charge in [0.1, 0.15) is 6.04 Å². The molecule has 0 aliphatic carbocycles. The Kier molecular flexibility index (Phi) is 4.70. The molecule has 3 N–H and O–H groups in total. The molecule has 1 unspecified atom stereocenters. The summed E-state index contributed by atoms with van der Waals surface area (Å²) >= 11 is 0. The van der Waals surface area contributed by atoms with Crippen molar-refractivity contribution in [2.75, 3.05) is 20.3 Å². The molecule has 1 rings (SSSR count). The van der Waals surface area contributed by atoms with Gasteiger partial charge in [-0.05, 0) is 12.8 Å². The topological polar surface area (TPSA) is 92.9 Å². The van der Waals surface area contributed by atoms with E-state index < -0.39 is 12.0 Å². The highest BCUT2D eigenvalue weighted by Crippen LogP contribution is 2.13. The van der Waals surface area contributed by atoms with Crippen LogP contribution in [0.3, 0.4) is 0 Å². The van der Waals surface area contributed by atoms with Gasteiger partial charge in [0.05, 0.1) is 6.42 Å². The molecule has 0 bridgehead atoms. The average Bonchev–Trinajstić information content (AvgIpc) is 2.28. The molecular formula is C10H18N2O4. The first-order valence-electron chi connectivity index (χ1n) is 5.34. The molecule has 1 saturated heterocycles. The molecule has 1 heterocycles. The molecule has 1 atom stereocenters. The summed E-state index contributed by atoms with van der Waals surface area (Å²) < 4.78 is 5.19. The van der Waals surface area contributed by atoms with Crippen LogP contribution < -0.4 is 5.73 Å². The van der Waals surface area contributed by atoms with Crippen LogP contribution in [0, 0.1) is 0 Å². The maximum absolute atomic E-state index is 11.7. The molecule has 0 aromatic heterocycles. The number of carbonyl (C=O) groups is 2. The Bertz CT molecular complexity index is 264. The maximum Gasteiger partial charge on any atom is 0.321 e. The van der Waals surface area contributed by atoms with Crippen molar-refractivity contribution in [1.29, 1.82) is 0 Å². The van der Waals surface area contributed by atoms with E-state index in [0.29, 0.717) is 13.2 Å². The fourth-order valence-corrected chi connectivity index (χ4v) is 1.70. The molecule has 0 spiro atoms. The van der Waals surface area contributed by atoms with Crippen LogP contribution in [0.15, 0.2) is 0 Å². The van der Waals surface area contributed by atoms with Crippen molar-refractivity contribution in [1.82, 2.24) is 4.90 Å². The number of aliphatic carboxylic acids is 1. The van der Waals surface area contributed by atoms with Crippen LogP contribution in [0.4, 0.5) is 0 Å². The van der Waals surface area contributed by atoms with Gasteiger partial charge in [0.15, 0.2) is 0 Å². The minimum absolute atomic E-state index is 0.141. The number of hydrogen-bond donors (Lipinski definition) is 2. The van der Waals surface area contributed by atoms with Crippen LogP contribution in [0.5, 0.6) is 0 Å². The number of amides is 1. The van der Waals surface area contributed by atoms with Gasteiger partial charge in [-0.3, -0.25) is 9.59 Å². The monoisotopic (exact) mass is 230 g/mol. The highest BCUT2D eigenvalue weighted by atomic mass is 16.5. The van der Waals surface area contributed by atoms with Crippen molar-refractivity contribution in [3.8, 4) is 0 Å². The lowest BCUT2D eigenvalue weighted by molar-refractivity contribution is -0.143. The van der Waals surface area contributed by atoms with Crippen LogP contribution in [0.1, 0.15) is 19.3 Å². The van der Waals surface area contributed by atoms with E-state index in [1.165, 1.54) is 0 Å². The summed E-state index contributed by atoms with van der Waals surface area (Å²) in [7, 11) is 1.69. The first-order valence-corrected chi connectivity index (χ1v) is 5.34. The predicted octanol–water partition coefficient (Wildman–Crippen LogP) is -0.574. The summed E-state index contributed by atoms with van der Waals surface area (Å²) in [6.07, 6.45) is 1.44. The van der Waals surface area contributed by atoms with Gasteiger partial charge < -0.3 is 20.5 Å². The molecule has 1 aliphatic heterocycles.